The van der Waals surface area contributed by atoms with Crippen LogP contribution in [0.15, 0.2) is 30.3 Å². The van der Waals surface area contributed by atoms with Crippen molar-refractivity contribution in [2.45, 2.75) is 43.8 Å². The van der Waals surface area contributed by atoms with Gasteiger partial charge in [0.05, 0.1) is 6.54 Å². The Morgan fingerprint density at radius 1 is 1.19 bits per heavy atom. The lowest BCUT2D eigenvalue weighted by molar-refractivity contribution is -0.138. The number of rotatable bonds is 7. The average molecular weight is 382 g/mol. The molecule has 1 aliphatic heterocycles. The minimum absolute atomic E-state index is 0. The molecule has 1 aromatic carbocycles. The van der Waals surface area contributed by atoms with Gasteiger partial charge in [-0.2, -0.15) is 0 Å². The Bertz CT molecular complexity index is 601. The molecular formula is C19H28ClN3O3. The SMILES string of the molecule is CN(CC(=O)O)C1CCN(C(C(=O)NC2CC2)c2ccccc2)CC1.Cl. The van der Waals surface area contributed by atoms with Crippen LogP contribution in [0, 0.1) is 0 Å². The van der Waals surface area contributed by atoms with Crippen LogP contribution in [0.4, 0.5) is 0 Å². The van der Waals surface area contributed by atoms with Crippen LogP contribution in [0.25, 0.3) is 0 Å². The summed E-state index contributed by atoms with van der Waals surface area (Å²) in [6.07, 6.45) is 3.91. The first-order valence-corrected chi connectivity index (χ1v) is 9.06. The fourth-order valence-corrected chi connectivity index (χ4v) is 3.60. The maximum atomic E-state index is 12.8. The van der Waals surface area contributed by atoms with Gasteiger partial charge in [0.1, 0.15) is 6.04 Å². The van der Waals surface area contributed by atoms with Crippen molar-refractivity contribution in [1.29, 1.82) is 0 Å². The van der Waals surface area contributed by atoms with Crippen LogP contribution in [-0.2, 0) is 9.59 Å². The second kappa shape index (κ2) is 9.35. The summed E-state index contributed by atoms with van der Waals surface area (Å²) in [5.74, 6) is -0.707. The molecule has 1 unspecified atom stereocenters. The van der Waals surface area contributed by atoms with Gasteiger partial charge in [0.15, 0.2) is 0 Å². The number of carboxylic acid groups (broad SMARTS) is 1. The smallest absolute Gasteiger partial charge is 0.317 e. The van der Waals surface area contributed by atoms with Crippen molar-refractivity contribution < 1.29 is 14.7 Å². The molecule has 1 aliphatic carbocycles. The molecule has 1 atom stereocenters. The van der Waals surface area contributed by atoms with Crippen molar-refractivity contribution in [3.63, 3.8) is 0 Å². The fraction of sp³-hybridized carbons (Fsp3) is 0.579. The zero-order chi connectivity index (χ0) is 17.8. The highest BCUT2D eigenvalue weighted by Crippen LogP contribution is 2.28. The zero-order valence-corrected chi connectivity index (χ0v) is 16.0. The third kappa shape index (κ3) is 5.43. The van der Waals surface area contributed by atoms with Crippen LogP contribution in [0.3, 0.4) is 0 Å². The lowest BCUT2D eigenvalue weighted by atomic mass is 9.98. The van der Waals surface area contributed by atoms with Crippen molar-refractivity contribution in [1.82, 2.24) is 15.1 Å². The van der Waals surface area contributed by atoms with Crippen molar-refractivity contribution in [2.24, 2.45) is 0 Å². The quantitative estimate of drug-likeness (QED) is 0.754. The summed E-state index contributed by atoms with van der Waals surface area (Å²) in [6.45, 7) is 1.66. The van der Waals surface area contributed by atoms with Crippen LogP contribution in [0.5, 0.6) is 0 Å². The first-order chi connectivity index (χ1) is 12.0. The van der Waals surface area contributed by atoms with E-state index in [1.54, 1.807) is 0 Å². The molecule has 0 spiro atoms. The van der Waals surface area contributed by atoms with Gasteiger partial charge in [-0.25, -0.2) is 0 Å². The van der Waals surface area contributed by atoms with E-state index in [-0.39, 0.29) is 36.9 Å². The number of aliphatic carboxylic acids is 1. The van der Waals surface area contributed by atoms with E-state index in [1.165, 1.54) is 0 Å². The number of carbonyl (C=O) groups excluding carboxylic acids is 1. The highest BCUT2D eigenvalue weighted by Gasteiger charge is 2.34. The number of piperidine rings is 1. The Kier molecular flexibility index (Phi) is 7.43. The summed E-state index contributed by atoms with van der Waals surface area (Å²) >= 11 is 0. The Balaban J connectivity index is 0.00000243. The number of hydrogen-bond donors (Lipinski definition) is 2. The van der Waals surface area contributed by atoms with Crippen molar-refractivity contribution in [2.75, 3.05) is 26.7 Å². The number of carboxylic acids is 1. The summed E-state index contributed by atoms with van der Waals surface area (Å²) in [6, 6.07) is 10.3. The molecular weight excluding hydrogens is 354 g/mol. The number of carbonyl (C=O) groups is 2. The van der Waals surface area contributed by atoms with Gasteiger partial charge in [0.2, 0.25) is 5.91 Å². The third-order valence-corrected chi connectivity index (χ3v) is 5.16. The molecule has 144 valence electrons. The number of likely N-dealkylation sites (tertiary alicyclic amines) is 1. The van der Waals surface area contributed by atoms with E-state index < -0.39 is 5.97 Å². The number of benzene rings is 1. The standard InChI is InChI=1S/C19H27N3O3.ClH/c1-21(13-17(23)24)16-9-11-22(12-10-16)18(14-5-3-2-4-6-14)19(25)20-15-7-8-15;/h2-6,15-16,18H,7-13H2,1H3,(H,20,25)(H,23,24);1H. The van der Waals surface area contributed by atoms with Gasteiger partial charge in [-0.3, -0.25) is 19.4 Å². The molecule has 1 saturated heterocycles. The Morgan fingerprint density at radius 2 is 1.81 bits per heavy atom. The molecule has 0 aromatic heterocycles. The van der Waals surface area contributed by atoms with E-state index in [4.69, 9.17) is 5.11 Å². The zero-order valence-electron chi connectivity index (χ0n) is 15.1. The number of nitrogens with one attached hydrogen (secondary N) is 1. The van der Waals surface area contributed by atoms with E-state index in [0.29, 0.717) is 6.04 Å². The first kappa shape index (κ1) is 20.7. The van der Waals surface area contributed by atoms with Crippen LogP contribution < -0.4 is 5.32 Å². The molecule has 7 heteroatoms. The van der Waals surface area contributed by atoms with Crippen LogP contribution in [0.1, 0.15) is 37.3 Å². The summed E-state index contributed by atoms with van der Waals surface area (Å²) < 4.78 is 0. The molecule has 1 saturated carbocycles. The Labute approximate surface area is 161 Å². The average Bonchev–Trinajstić information content (AvgIpc) is 3.40. The molecule has 6 nitrogen and oxygen atoms in total. The van der Waals surface area contributed by atoms with Crippen LogP contribution >= 0.6 is 12.4 Å². The van der Waals surface area contributed by atoms with Gasteiger partial charge in [-0.05, 0) is 38.3 Å². The normalized spacial score (nSPS) is 19.6. The molecule has 2 aliphatic rings. The summed E-state index contributed by atoms with van der Waals surface area (Å²) in [5.41, 5.74) is 1.03. The van der Waals surface area contributed by atoms with E-state index >= 15 is 0 Å². The van der Waals surface area contributed by atoms with Gasteiger partial charge in [-0.15, -0.1) is 12.4 Å². The van der Waals surface area contributed by atoms with Gasteiger partial charge >= 0.3 is 5.97 Å². The van der Waals surface area contributed by atoms with Crippen molar-refractivity contribution in [3.8, 4) is 0 Å². The van der Waals surface area contributed by atoms with Crippen molar-refractivity contribution >= 4 is 24.3 Å². The summed E-state index contributed by atoms with van der Waals surface area (Å²) in [7, 11) is 1.86. The molecule has 2 fully saturated rings. The second-order valence-corrected chi connectivity index (χ2v) is 7.17. The van der Waals surface area contributed by atoms with Crippen LogP contribution in [0.2, 0.25) is 0 Å². The lowest BCUT2D eigenvalue weighted by Crippen LogP contribution is -2.49. The minimum Gasteiger partial charge on any atom is -0.480 e. The first-order valence-electron chi connectivity index (χ1n) is 9.06. The molecule has 2 N–H and O–H groups in total. The maximum Gasteiger partial charge on any atom is 0.317 e. The molecule has 0 radical (unpaired) electrons. The molecule has 3 rings (SSSR count). The fourth-order valence-electron chi connectivity index (χ4n) is 3.60. The second-order valence-electron chi connectivity index (χ2n) is 7.17. The topological polar surface area (TPSA) is 72.9 Å². The molecule has 1 heterocycles. The molecule has 1 amide bonds. The van der Waals surface area contributed by atoms with Crippen molar-refractivity contribution in [3.05, 3.63) is 35.9 Å². The lowest BCUT2D eigenvalue weighted by Gasteiger charge is -2.39. The largest absolute Gasteiger partial charge is 0.480 e. The Morgan fingerprint density at radius 3 is 2.35 bits per heavy atom. The van der Waals surface area contributed by atoms with Crippen LogP contribution in [-0.4, -0.2) is 65.5 Å². The summed E-state index contributed by atoms with van der Waals surface area (Å²) in [4.78, 5) is 27.9. The Hall–Kier alpha value is -1.63. The van der Waals surface area contributed by atoms with E-state index in [9.17, 15) is 9.59 Å². The number of nitrogens with zero attached hydrogens (tertiary/aromatic N) is 2. The van der Waals surface area contributed by atoms with Gasteiger partial charge < -0.3 is 10.4 Å². The third-order valence-electron chi connectivity index (χ3n) is 5.16. The number of hydrogen-bond acceptors (Lipinski definition) is 4. The van der Waals surface area contributed by atoms with E-state index in [1.807, 2.05) is 42.3 Å². The number of amides is 1. The molecule has 0 bridgehead atoms. The minimum atomic E-state index is -0.795. The van der Waals surface area contributed by atoms with E-state index in [0.717, 1.165) is 44.3 Å². The molecule has 26 heavy (non-hydrogen) atoms. The maximum absolute atomic E-state index is 12.8. The number of likely N-dealkylation sites (N-methyl/N-ethyl adjacent to an activating group) is 1. The molecule has 1 aromatic rings. The number of halogens is 1. The van der Waals surface area contributed by atoms with Gasteiger partial charge in [0.25, 0.3) is 0 Å². The highest BCUT2D eigenvalue weighted by atomic mass is 35.5. The van der Waals surface area contributed by atoms with Gasteiger partial charge in [0, 0.05) is 25.2 Å². The summed E-state index contributed by atoms with van der Waals surface area (Å²) in [5, 5.41) is 12.1. The van der Waals surface area contributed by atoms with E-state index in [2.05, 4.69) is 10.2 Å². The monoisotopic (exact) mass is 381 g/mol. The highest BCUT2D eigenvalue weighted by molar-refractivity contribution is 5.85. The predicted molar refractivity (Wildman–Crippen MR) is 102 cm³/mol. The predicted octanol–water partition coefficient (Wildman–Crippen LogP) is 1.91. The van der Waals surface area contributed by atoms with Gasteiger partial charge in [-0.1, -0.05) is 30.3 Å².